The number of hydrogen-bond acceptors (Lipinski definition) is 5. The fourth-order valence-corrected chi connectivity index (χ4v) is 10.3. The summed E-state index contributed by atoms with van der Waals surface area (Å²) in [6.07, 6.45) is 0. The molecule has 1 aliphatic carbocycles. The summed E-state index contributed by atoms with van der Waals surface area (Å²) in [6, 6.07) is 66.6. The van der Waals surface area contributed by atoms with Gasteiger partial charge in [-0.15, -0.1) is 11.3 Å². The molecule has 2 aromatic heterocycles. The van der Waals surface area contributed by atoms with E-state index in [4.69, 9.17) is 19.7 Å². The minimum atomic E-state index is -0.561. The molecule has 1 aliphatic heterocycles. The maximum absolute atomic E-state index is 6.75. The number of fused-ring (bicyclic) bond motifs is 12. The maximum atomic E-state index is 6.75. The van der Waals surface area contributed by atoms with Crippen molar-refractivity contribution in [1.29, 1.82) is 0 Å². The second-order valence-electron chi connectivity index (χ2n) is 14.7. The van der Waals surface area contributed by atoms with Gasteiger partial charge in [0.25, 0.3) is 0 Å². The van der Waals surface area contributed by atoms with Gasteiger partial charge in [-0.25, -0.2) is 15.0 Å². The Hall–Kier alpha value is -7.21. The summed E-state index contributed by atoms with van der Waals surface area (Å²) in [6.45, 7) is 0. The lowest BCUT2D eigenvalue weighted by Gasteiger charge is -2.39. The van der Waals surface area contributed by atoms with Gasteiger partial charge in [-0.2, -0.15) is 0 Å². The van der Waals surface area contributed by atoms with Crippen molar-refractivity contribution in [2.24, 2.45) is 0 Å². The molecule has 0 saturated carbocycles. The van der Waals surface area contributed by atoms with E-state index in [-0.39, 0.29) is 0 Å². The third kappa shape index (κ3) is 4.76. The molecule has 3 heterocycles. The molecule has 0 amide bonds. The summed E-state index contributed by atoms with van der Waals surface area (Å²) >= 11 is 1.80. The molecule has 0 saturated heterocycles. The van der Waals surface area contributed by atoms with Crippen molar-refractivity contribution in [3.63, 3.8) is 0 Å². The van der Waals surface area contributed by atoms with Gasteiger partial charge < -0.3 is 4.74 Å². The molecule has 266 valence electrons. The first-order chi connectivity index (χ1) is 28.2. The monoisotopic (exact) mass is 745 g/mol. The maximum Gasteiger partial charge on any atom is 0.164 e. The molecule has 5 heteroatoms. The third-order valence-corrected chi connectivity index (χ3v) is 12.8. The molecular formula is C52H31N3OS. The zero-order chi connectivity index (χ0) is 37.5. The zero-order valence-electron chi connectivity index (χ0n) is 30.6. The van der Waals surface area contributed by atoms with Gasteiger partial charge in [0, 0.05) is 48.0 Å². The van der Waals surface area contributed by atoms with E-state index >= 15 is 0 Å². The fraction of sp³-hybridized carbons (Fsp3) is 0.0192. The van der Waals surface area contributed by atoms with E-state index in [0.29, 0.717) is 17.5 Å². The van der Waals surface area contributed by atoms with Crippen LogP contribution in [0.4, 0.5) is 0 Å². The van der Waals surface area contributed by atoms with Gasteiger partial charge in [-0.3, -0.25) is 0 Å². The van der Waals surface area contributed by atoms with Crippen molar-refractivity contribution in [2.45, 2.75) is 5.41 Å². The van der Waals surface area contributed by atoms with Crippen molar-refractivity contribution in [3.05, 3.63) is 210 Å². The number of aromatic nitrogens is 3. The first kappa shape index (κ1) is 32.1. The minimum absolute atomic E-state index is 0.561. The molecule has 0 bridgehead atoms. The van der Waals surface area contributed by atoms with Gasteiger partial charge in [0.05, 0.1) is 5.41 Å². The highest BCUT2D eigenvalue weighted by Crippen LogP contribution is 2.62. The smallest absolute Gasteiger partial charge is 0.164 e. The third-order valence-electron chi connectivity index (χ3n) is 11.6. The van der Waals surface area contributed by atoms with Crippen LogP contribution in [0, 0.1) is 0 Å². The van der Waals surface area contributed by atoms with Gasteiger partial charge in [0.2, 0.25) is 0 Å². The van der Waals surface area contributed by atoms with E-state index in [0.717, 1.165) is 50.4 Å². The van der Waals surface area contributed by atoms with Gasteiger partial charge in [-0.05, 0) is 63.7 Å². The summed E-state index contributed by atoms with van der Waals surface area (Å²) in [4.78, 5) is 15.5. The Balaban J connectivity index is 1.07. The predicted molar refractivity (Wildman–Crippen MR) is 232 cm³/mol. The lowest BCUT2D eigenvalue weighted by atomic mass is 9.65. The van der Waals surface area contributed by atoms with E-state index in [1.807, 2.05) is 18.2 Å². The second kappa shape index (κ2) is 12.4. The number of ether oxygens (including phenoxy) is 1. The highest BCUT2D eigenvalue weighted by molar-refractivity contribution is 7.25. The summed E-state index contributed by atoms with van der Waals surface area (Å²) in [7, 11) is 0. The van der Waals surface area contributed by atoms with E-state index in [9.17, 15) is 0 Å². The number of benzene rings is 8. The molecule has 12 rings (SSSR count). The van der Waals surface area contributed by atoms with Crippen molar-refractivity contribution in [2.75, 3.05) is 0 Å². The topological polar surface area (TPSA) is 47.9 Å². The van der Waals surface area contributed by atoms with E-state index < -0.39 is 5.41 Å². The van der Waals surface area contributed by atoms with Crippen LogP contribution in [0.25, 0.3) is 76.6 Å². The molecule has 4 nitrogen and oxygen atoms in total. The fourth-order valence-electron chi connectivity index (χ4n) is 9.16. The van der Waals surface area contributed by atoms with E-state index in [1.54, 1.807) is 11.3 Å². The van der Waals surface area contributed by atoms with Crippen LogP contribution in [-0.2, 0) is 5.41 Å². The Morgan fingerprint density at radius 3 is 1.70 bits per heavy atom. The lowest BCUT2D eigenvalue weighted by Crippen LogP contribution is -2.32. The van der Waals surface area contributed by atoms with Crippen LogP contribution >= 0.6 is 11.3 Å². The molecule has 0 atom stereocenters. The average molecular weight is 746 g/mol. The highest BCUT2D eigenvalue weighted by atomic mass is 32.1. The minimum Gasteiger partial charge on any atom is -0.457 e. The van der Waals surface area contributed by atoms with Crippen LogP contribution in [0.1, 0.15) is 22.3 Å². The van der Waals surface area contributed by atoms with Crippen molar-refractivity contribution in [3.8, 4) is 67.9 Å². The Morgan fingerprint density at radius 2 is 0.912 bits per heavy atom. The highest BCUT2D eigenvalue weighted by Gasteiger charge is 2.51. The first-order valence-electron chi connectivity index (χ1n) is 19.2. The summed E-state index contributed by atoms with van der Waals surface area (Å²) in [5, 5.41) is 2.51. The van der Waals surface area contributed by atoms with Gasteiger partial charge in [-0.1, -0.05) is 158 Å². The number of rotatable bonds is 4. The molecule has 8 aromatic carbocycles. The largest absolute Gasteiger partial charge is 0.457 e. The van der Waals surface area contributed by atoms with Crippen LogP contribution < -0.4 is 4.74 Å². The Morgan fingerprint density at radius 1 is 0.351 bits per heavy atom. The average Bonchev–Trinajstić information content (AvgIpc) is 3.80. The quantitative estimate of drug-likeness (QED) is 0.180. The van der Waals surface area contributed by atoms with Crippen LogP contribution in [0.2, 0.25) is 0 Å². The van der Waals surface area contributed by atoms with Crippen molar-refractivity contribution >= 4 is 31.5 Å². The van der Waals surface area contributed by atoms with Gasteiger partial charge in [0.1, 0.15) is 11.5 Å². The van der Waals surface area contributed by atoms with Gasteiger partial charge >= 0.3 is 0 Å². The predicted octanol–water partition coefficient (Wildman–Crippen LogP) is 13.4. The Bertz CT molecular complexity index is 3200. The van der Waals surface area contributed by atoms with Crippen LogP contribution in [0.15, 0.2) is 188 Å². The molecule has 0 radical (unpaired) electrons. The lowest BCUT2D eigenvalue weighted by molar-refractivity contribution is 0.436. The Labute approximate surface area is 333 Å². The molecule has 1 spiro atoms. The van der Waals surface area contributed by atoms with Crippen molar-refractivity contribution < 1.29 is 4.74 Å². The Kier molecular flexibility index (Phi) is 6.98. The van der Waals surface area contributed by atoms with Gasteiger partial charge in [0.15, 0.2) is 17.5 Å². The number of para-hydroxylation sites is 1. The summed E-state index contributed by atoms with van der Waals surface area (Å²) in [5.41, 5.74) is 11.6. The summed E-state index contributed by atoms with van der Waals surface area (Å²) < 4.78 is 9.22. The number of hydrogen-bond donors (Lipinski definition) is 0. The van der Waals surface area contributed by atoms with E-state index in [1.165, 1.54) is 42.4 Å². The normalized spacial score (nSPS) is 13.2. The molecule has 0 fully saturated rings. The van der Waals surface area contributed by atoms with Crippen LogP contribution in [0.5, 0.6) is 11.5 Å². The standard InChI is InChI=1S/C52H31N3OS/c1-2-14-32(15-3-1)49-53-50(34-26-28-39-38-19-8-13-25-47(38)57-48(39)31-34)55-51(54-49)40-20-5-4-16-35(40)33-27-29-46-44(30-33)52(43-23-11-12-24-45(43)56-46)41-21-9-6-17-36(41)37-18-7-10-22-42(37)52/h1-31H. The zero-order valence-corrected chi connectivity index (χ0v) is 31.4. The molecular weight excluding hydrogens is 715 g/mol. The van der Waals surface area contributed by atoms with Crippen LogP contribution in [-0.4, -0.2) is 15.0 Å². The molecule has 0 unspecified atom stereocenters. The molecule has 10 aromatic rings. The number of thiophene rings is 1. The summed E-state index contributed by atoms with van der Waals surface area (Å²) in [5.74, 6) is 3.63. The van der Waals surface area contributed by atoms with E-state index in [2.05, 4.69) is 170 Å². The second-order valence-corrected chi connectivity index (χ2v) is 15.8. The first-order valence-corrected chi connectivity index (χ1v) is 20.0. The molecule has 0 N–H and O–H groups in total. The van der Waals surface area contributed by atoms with Crippen LogP contribution in [0.3, 0.4) is 0 Å². The molecule has 2 aliphatic rings. The van der Waals surface area contributed by atoms with Crippen molar-refractivity contribution in [1.82, 2.24) is 15.0 Å². The SMILES string of the molecule is c1ccc(-c2nc(-c3ccc4c(c3)sc3ccccc34)nc(-c3ccccc3-c3ccc4c(c3)C3(c5ccccc5O4)c4ccccc4-c4ccccc43)n2)cc1. The number of nitrogens with zero attached hydrogens (tertiary/aromatic N) is 3. The molecule has 57 heavy (non-hydrogen) atoms.